The predicted octanol–water partition coefficient (Wildman–Crippen LogP) is 3.53. The van der Waals surface area contributed by atoms with Gasteiger partial charge < -0.3 is 10.1 Å². The van der Waals surface area contributed by atoms with E-state index in [9.17, 15) is 9.59 Å². The van der Waals surface area contributed by atoms with Crippen molar-refractivity contribution in [3.8, 4) is 5.75 Å². The van der Waals surface area contributed by atoms with Gasteiger partial charge in [0, 0.05) is 10.4 Å². The molecule has 1 spiro atoms. The number of nitrogens with one attached hydrogen (secondary N) is 1. The molecule has 1 aromatic heterocycles. The third-order valence-electron chi connectivity index (χ3n) is 5.25. The summed E-state index contributed by atoms with van der Waals surface area (Å²) < 4.78 is 5.83. The molecule has 0 radical (unpaired) electrons. The minimum absolute atomic E-state index is 0.147. The van der Waals surface area contributed by atoms with E-state index < -0.39 is 5.54 Å². The van der Waals surface area contributed by atoms with Gasteiger partial charge in [-0.25, -0.2) is 4.79 Å². The molecule has 3 amide bonds. The van der Waals surface area contributed by atoms with E-state index in [0.717, 1.165) is 35.3 Å². The molecule has 1 N–H and O–H groups in total. The number of amides is 3. The second kappa shape index (κ2) is 6.43. The molecule has 6 heteroatoms. The van der Waals surface area contributed by atoms with Crippen LogP contribution in [0.15, 0.2) is 29.6 Å². The number of thiophene rings is 1. The van der Waals surface area contributed by atoms with E-state index in [-0.39, 0.29) is 25.1 Å². The molecule has 1 aliphatic carbocycles. The van der Waals surface area contributed by atoms with Gasteiger partial charge in [0.05, 0.1) is 6.54 Å². The van der Waals surface area contributed by atoms with Crippen molar-refractivity contribution in [2.45, 2.75) is 38.6 Å². The van der Waals surface area contributed by atoms with Crippen LogP contribution in [0.5, 0.6) is 5.75 Å². The number of urea groups is 1. The molecule has 1 unspecified atom stereocenters. The van der Waals surface area contributed by atoms with Crippen molar-refractivity contribution in [2.24, 2.45) is 0 Å². The van der Waals surface area contributed by atoms with Crippen LogP contribution < -0.4 is 10.1 Å². The molecular formula is C20H22N2O3S. The number of carbonyl (C=O) groups is 2. The molecule has 1 fully saturated rings. The molecule has 1 atom stereocenters. The highest BCUT2D eigenvalue weighted by molar-refractivity contribution is 7.10. The number of ether oxygens (including phenoxy) is 1. The molecule has 26 heavy (non-hydrogen) atoms. The van der Waals surface area contributed by atoms with Gasteiger partial charge in [-0.05, 0) is 61.7 Å². The number of hydrogen-bond acceptors (Lipinski definition) is 4. The van der Waals surface area contributed by atoms with Gasteiger partial charge >= 0.3 is 6.03 Å². The summed E-state index contributed by atoms with van der Waals surface area (Å²) in [6, 6.07) is 7.67. The van der Waals surface area contributed by atoms with Crippen LogP contribution >= 0.6 is 11.3 Å². The first-order valence-corrected chi connectivity index (χ1v) is 9.80. The SMILES string of the molecule is Cc1ccc(C)c(OCCN2C(=O)NC3(CCCc4sccc43)C2=O)c1. The topological polar surface area (TPSA) is 58.6 Å². The fourth-order valence-corrected chi connectivity index (χ4v) is 4.85. The molecule has 1 aromatic carbocycles. The monoisotopic (exact) mass is 370 g/mol. The van der Waals surface area contributed by atoms with Crippen LogP contribution in [0.1, 0.15) is 34.4 Å². The highest BCUT2D eigenvalue weighted by atomic mass is 32.1. The van der Waals surface area contributed by atoms with Gasteiger partial charge in [0.15, 0.2) is 0 Å². The lowest BCUT2D eigenvalue weighted by molar-refractivity contribution is -0.132. The Kier molecular flexibility index (Phi) is 4.23. The first-order chi connectivity index (χ1) is 12.5. The van der Waals surface area contributed by atoms with E-state index in [4.69, 9.17) is 4.74 Å². The van der Waals surface area contributed by atoms with Crippen molar-refractivity contribution in [3.63, 3.8) is 0 Å². The van der Waals surface area contributed by atoms with E-state index in [1.807, 2.05) is 43.5 Å². The van der Waals surface area contributed by atoms with Crippen molar-refractivity contribution < 1.29 is 14.3 Å². The molecule has 5 nitrogen and oxygen atoms in total. The number of imide groups is 1. The number of fused-ring (bicyclic) bond motifs is 2. The number of benzene rings is 1. The molecular weight excluding hydrogens is 348 g/mol. The summed E-state index contributed by atoms with van der Waals surface area (Å²) >= 11 is 1.66. The molecule has 2 heterocycles. The van der Waals surface area contributed by atoms with Gasteiger partial charge in [0.2, 0.25) is 0 Å². The van der Waals surface area contributed by atoms with Crippen LogP contribution in [0.25, 0.3) is 0 Å². The molecule has 136 valence electrons. The molecule has 2 aromatic rings. The van der Waals surface area contributed by atoms with Gasteiger partial charge in [-0.15, -0.1) is 11.3 Å². The van der Waals surface area contributed by atoms with E-state index in [2.05, 4.69) is 5.32 Å². The summed E-state index contributed by atoms with van der Waals surface area (Å²) in [5.41, 5.74) is 2.26. The van der Waals surface area contributed by atoms with Crippen molar-refractivity contribution in [1.29, 1.82) is 0 Å². The lowest BCUT2D eigenvalue weighted by atomic mass is 9.80. The van der Waals surface area contributed by atoms with Crippen molar-refractivity contribution in [1.82, 2.24) is 10.2 Å². The quantitative estimate of drug-likeness (QED) is 0.838. The Labute approximate surface area is 157 Å². The first-order valence-electron chi connectivity index (χ1n) is 8.92. The molecule has 1 saturated heterocycles. The van der Waals surface area contributed by atoms with E-state index in [1.54, 1.807) is 11.3 Å². The highest BCUT2D eigenvalue weighted by Crippen LogP contribution is 2.42. The Morgan fingerprint density at radius 1 is 1.27 bits per heavy atom. The summed E-state index contributed by atoms with van der Waals surface area (Å²) in [5, 5.41) is 4.97. The zero-order valence-electron chi connectivity index (χ0n) is 15.0. The van der Waals surface area contributed by atoms with Crippen LogP contribution in [-0.4, -0.2) is 30.0 Å². The largest absolute Gasteiger partial charge is 0.491 e. The standard InChI is InChI=1S/C20H22N2O3S/c1-13-5-6-14(2)16(12-13)25-10-9-22-18(23)20(21-19(22)24)8-3-4-17-15(20)7-11-26-17/h5-7,11-12H,3-4,8-10H2,1-2H3,(H,21,24). The summed E-state index contributed by atoms with van der Waals surface area (Å²) in [6.07, 6.45) is 2.55. The van der Waals surface area contributed by atoms with Crippen LogP contribution in [-0.2, 0) is 16.8 Å². The number of carbonyl (C=O) groups excluding carboxylic acids is 2. The van der Waals surface area contributed by atoms with Crippen molar-refractivity contribution in [2.75, 3.05) is 13.2 Å². The second-order valence-corrected chi connectivity index (χ2v) is 8.02. The summed E-state index contributed by atoms with van der Waals surface area (Å²) in [6.45, 7) is 4.53. The number of hydrogen-bond donors (Lipinski definition) is 1. The number of aryl methyl sites for hydroxylation is 3. The Bertz CT molecular complexity index is 876. The van der Waals surface area contributed by atoms with Gasteiger partial charge in [0.25, 0.3) is 5.91 Å². The van der Waals surface area contributed by atoms with Crippen LogP contribution in [0.4, 0.5) is 4.79 Å². The van der Waals surface area contributed by atoms with E-state index in [1.165, 1.54) is 9.78 Å². The van der Waals surface area contributed by atoms with Crippen LogP contribution in [0, 0.1) is 13.8 Å². The van der Waals surface area contributed by atoms with Gasteiger partial charge in [-0.1, -0.05) is 12.1 Å². The minimum atomic E-state index is -0.871. The zero-order valence-corrected chi connectivity index (χ0v) is 15.8. The molecule has 0 bridgehead atoms. The molecule has 2 aliphatic rings. The maximum Gasteiger partial charge on any atom is 0.325 e. The maximum absolute atomic E-state index is 13.1. The zero-order chi connectivity index (χ0) is 18.3. The Morgan fingerprint density at radius 2 is 2.12 bits per heavy atom. The fraction of sp³-hybridized carbons (Fsp3) is 0.400. The van der Waals surface area contributed by atoms with E-state index >= 15 is 0 Å². The Morgan fingerprint density at radius 3 is 2.96 bits per heavy atom. The van der Waals surface area contributed by atoms with Gasteiger partial charge in [-0.2, -0.15) is 0 Å². The average molecular weight is 370 g/mol. The second-order valence-electron chi connectivity index (χ2n) is 7.02. The first kappa shape index (κ1) is 17.1. The van der Waals surface area contributed by atoms with Crippen molar-refractivity contribution >= 4 is 23.3 Å². The molecule has 4 rings (SSSR count). The van der Waals surface area contributed by atoms with Gasteiger partial charge in [0.1, 0.15) is 17.9 Å². The predicted molar refractivity (Wildman–Crippen MR) is 101 cm³/mol. The third kappa shape index (κ3) is 2.69. The summed E-state index contributed by atoms with van der Waals surface area (Å²) in [4.78, 5) is 28.1. The average Bonchev–Trinajstić information content (AvgIpc) is 3.18. The maximum atomic E-state index is 13.1. The highest BCUT2D eigenvalue weighted by Gasteiger charge is 2.54. The number of nitrogens with zero attached hydrogens (tertiary/aromatic N) is 1. The Hall–Kier alpha value is -2.34. The smallest absolute Gasteiger partial charge is 0.325 e. The normalized spacial score (nSPS) is 21.8. The fourth-order valence-electron chi connectivity index (χ4n) is 3.85. The van der Waals surface area contributed by atoms with Crippen LogP contribution in [0.2, 0.25) is 0 Å². The van der Waals surface area contributed by atoms with E-state index in [0.29, 0.717) is 6.42 Å². The van der Waals surface area contributed by atoms with Crippen molar-refractivity contribution in [3.05, 3.63) is 51.2 Å². The lowest BCUT2D eigenvalue weighted by Crippen LogP contribution is -2.46. The molecule has 0 saturated carbocycles. The molecule has 1 aliphatic heterocycles. The number of rotatable bonds is 4. The van der Waals surface area contributed by atoms with Gasteiger partial charge in [-0.3, -0.25) is 9.69 Å². The summed E-state index contributed by atoms with van der Waals surface area (Å²) in [7, 11) is 0. The van der Waals surface area contributed by atoms with Crippen LogP contribution in [0.3, 0.4) is 0 Å². The summed E-state index contributed by atoms with van der Waals surface area (Å²) in [5.74, 6) is 0.649. The lowest BCUT2D eigenvalue weighted by Gasteiger charge is -2.31. The third-order valence-corrected chi connectivity index (χ3v) is 6.23. The Balaban J connectivity index is 1.48. The minimum Gasteiger partial charge on any atom is -0.491 e.